The van der Waals surface area contributed by atoms with Gasteiger partial charge >= 0.3 is 0 Å². The molecule has 0 aliphatic carbocycles. The molecule has 0 heterocycles. The number of rotatable bonds is 7. The van der Waals surface area contributed by atoms with Gasteiger partial charge in [-0.05, 0) is 0 Å². The molecule has 0 saturated heterocycles. The van der Waals surface area contributed by atoms with E-state index in [-0.39, 0.29) is 6.61 Å². The lowest BCUT2D eigenvalue weighted by Crippen LogP contribution is -2.19. The molecule has 0 aromatic rings. The van der Waals surface area contributed by atoms with E-state index in [0.29, 0.717) is 25.7 Å². The molecular weight excluding hydrogens is 170 g/mol. The van der Waals surface area contributed by atoms with Crippen molar-refractivity contribution < 1.29 is 14.3 Å². The molecule has 0 unspecified atom stereocenters. The highest BCUT2D eigenvalue weighted by Gasteiger charge is 1.92. The summed E-state index contributed by atoms with van der Waals surface area (Å²) in [6.07, 6.45) is 0. The fourth-order valence-electron chi connectivity index (χ4n) is 0.447. The van der Waals surface area contributed by atoms with Crippen LogP contribution in [0, 0.1) is 0 Å². The normalized spacial score (nSPS) is 9.91. The summed E-state index contributed by atoms with van der Waals surface area (Å²) in [5.41, 5.74) is 4.81. The van der Waals surface area contributed by atoms with E-state index in [1.165, 1.54) is 0 Å². The molecule has 0 spiro atoms. The lowest BCUT2D eigenvalue weighted by Gasteiger charge is -2.01. The van der Waals surface area contributed by atoms with Gasteiger partial charge in [0, 0.05) is 5.88 Å². The first-order valence-corrected chi connectivity index (χ1v) is 3.80. The van der Waals surface area contributed by atoms with Crippen LogP contribution >= 0.6 is 11.6 Å². The van der Waals surface area contributed by atoms with E-state index in [1.54, 1.807) is 0 Å². The van der Waals surface area contributed by atoms with Crippen LogP contribution < -0.4 is 5.73 Å². The van der Waals surface area contributed by atoms with Crippen LogP contribution in [0.2, 0.25) is 0 Å². The fourth-order valence-corrected chi connectivity index (χ4v) is 0.556. The average molecular weight is 182 g/mol. The molecule has 0 aliphatic heterocycles. The van der Waals surface area contributed by atoms with Crippen LogP contribution in [0.15, 0.2) is 0 Å². The van der Waals surface area contributed by atoms with Crippen LogP contribution in [0.3, 0.4) is 0 Å². The lowest BCUT2D eigenvalue weighted by molar-refractivity contribution is -0.123. The van der Waals surface area contributed by atoms with Crippen LogP contribution in [0.4, 0.5) is 0 Å². The summed E-state index contributed by atoms with van der Waals surface area (Å²) in [5, 5.41) is 0. The molecule has 0 fully saturated rings. The van der Waals surface area contributed by atoms with Gasteiger partial charge in [0.1, 0.15) is 6.61 Å². The van der Waals surface area contributed by atoms with Crippen molar-refractivity contribution in [2.75, 3.05) is 32.3 Å². The maximum absolute atomic E-state index is 10.1. The van der Waals surface area contributed by atoms with Gasteiger partial charge in [0.25, 0.3) is 0 Å². The van der Waals surface area contributed by atoms with Crippen molar-refractivity contribution in [2.24, 2.45) is 5.73 Å². The molecule has 0 aliphatic rings. The van der Waals surface area contributed by atoms with Gasteiger partial charge in [-0.1, -0.05) is 0 Å². The van der Waals surface area contributed by atoms with Gasteiger partial charge in [0.05, 0.1) is 19.8 Å². The Morgan fingerprint density at radius 1 is 1.27 bits per heavy atom. The third kappa shape index (κ3) is 9.68. The molecule has 0 aromatic carbocycles. The highest BCUT2D eigenvalue weighted by molar-refractivity contribution is 6.17. The van der Waals surface area contributed by atoms with E-state index in [0.717, 1.165) is 0 Å². The summed E-state index contributed by atoms with van der Waals surface area (Å²) in [6, 6.07) is 0. The van der Waals surface area contributed by atoms with Crippen molar-refractivity contribution in [1.82, 2.24) is 0 Å². The van der Waals surface area contributed by atoms with Gasteiger partial charge in [-0.25, -0.2) is 0 Å². The van der Waals surface area contributed by atoms with Crippen molar-refractivity contribution in [3.8, 4) is 0 Å². The van der Waals surface area contributed by atoms with Gasteiger partial charge in [-0.2, -0.15) is 0 Å². The number of hydrogen-bond donors (Lipinski definition) is 1. The molecule has 4 nitrogen and oxygen atoms in total. The molecule has 1 amide bonds. The minimum absolute atomic E-state index is 0.0514. The average Bonchev–Trinajstić information content (AvgIpc) is 1.96. The van der Waals surface area contributed by atoms with E-state index in [9.17, 15) is 4.79 Å². The van der Waals surface area contributed by atoms with Crippen LogP contribution in [-0.2, 0) is 14.3 Å². The van der Waals surface area contributed by atoms with Crippen molar-refractivity contribution in [1.29, 1.82) is 0 Å². The number of hydrogen-bond acceptors (Lipinski definition) is 3. The summed E-state index contributed by atoms with van der Waals surface area (Å²) < 4.78 is 9.75. The first kappa shape index (κ1) is 10.7. The van der Waals surface area contributed by atoms with E-state index in [2.05, 4.69) is 0 Å². The Balaban J connectivity index is 2.85. The number of ether oxygens (including phenoxy) is 2. The molecule has 0 saturated carbocycles. The predicted octanol–water partition coefficient (Wildman–Crippen LogP) is -0.256. The maximum Gasteiger partial charge on any atom is 0.243 e. The Hall–Kier alpha value is -0.320. The van der Waals surface area contributed by atoms with E-state index >= 15 is 0 Å². The van der Waals surface area contributed by atoms with Gasteiger partial charge in [-0.15, -0.1) is 11.6 Å². The number of carbonyl (C=O) groups excluding carboxylic acids is 1. The molecule has 5 heteroatoms. The quantitative estimate of drug-likeness (QED) is 0.435. The van der Waals surface area contributed by atoms with E-state index < -0.39 is 5.91 Å². The summed E-state index contributed by atoms with van der Waals surface area (Å²) in [4.78, 5) is 10.1. The van der Waals surface area contributed by atoms with Crippen molar-refractivity contribution in [2.45, 2.75) is 0 Å². The molecular formula is C6H12ClNO3. The van der Waals surface area contributed by atoms with Gasteiger partial charge < -0.3 is 15.2 Å². The molecule has 0 aromatic heterocycles. The number of halogens is 1. The topological polar surface area (TPSA) is 61.6 Å². The van der Waals surface area contributed by atoms with Gasteiger partial charge in [0.2, 0.25) is 5.91 Å². The first-order chi connectivity index (χ1) is 5.27. The summed E-state index contributed by atoms with van der Waals surface area (Å²) in [5.74, 6) is -0.00198. The zero-order valence-corrected chi connectivity index (χ0v) is 6.97. The highest BCUT2D eigenvalue weighted by atomic mass is 35.5. The summed E-state index contributed by atoms with van der Waals surface area (Å²) in [7, 11) is 0. The van der Waals surface area contributed by atoms with Crippen LogP contribution in [-0.4, -0.2) is 38.2 Å². The third-order valence-corrected chi connectivity index (χ3v) is 0.992. The molecule has 0 bridgehead atoms. The standard InChI is InChI=1S/C6H12ClNO3/c7-1-2-10-3-4-11-5-6(8)9/h1-5H2,(H2,8,9). The second-order valence-corrected chi connectivity index (χ2v) is 2.20. The Morgan fingerprint density at radius 2 is 1.91 bits per heavy atom. The largest absolute Gasteiger partial charge is 0.378 e. The monoisotopic (exact) mass is 181 g/mol. The SMILES string of the molecule is NC(=O)COCCOCCCl. The predicted molar refractivity (Wildman–Crippen MR) is 41.6 cm³/mol. The number of nitrogens with two attached hydrogens (primary N) is 1. The van der Waals surface area contributed by atoms with Crippen molar-refractivity contribution in [3.63, 3.8) is 0 Å². The lowest BCUT2D eigenvalue weighted by atomic mass is 10.7. The molecule has 66 valence electrons. The zero-order chi connectivity index (χ0) is 8.53. The maximum atomic E-state index is 10.1. The summed E-state index contributed by atoms with van der Waals surface area (Å²) in [6.45, 7) is 1.27. The second kappa shape index (κ2) is 7.78. The summed E-state index contributed by atoms with van der Waals surface area (Å²) >= 11 is 5.32. The van der Waals surface area contributed by atoms with E-state index in [4.69, 9.17) is 26.8 Å². The zero-order valence-electron chi connectivity index (χ0n) is 6.22. The van der Waals surface area contributed by atoms with E-state index in [1.807, 2.05) is 0 Å². The Labute approximate surface area is 70.6 Å². The van der Waals surface area contributed by atoms with Gasteiger partial charge in [-0.3, -0.25) is 4.79 Å². The molecule has 11 heavy (non-hydrogen) atoms. The smallest absolute Gasteiger partial charge is 0.243 e. The molecule has 0 atom stereocenters. The van der Waals surface area contributed by atoms with Gasteiger partial charge in [0.15, 0.2) is 0 Å². The number of carbonyl (C=O) groups is 1. The second-order valence-electron chi connectivity index (χ2n) is 1.82. The molecule has 0 radical (unpaired) electrons. The third-order valence-electron chi connectivity index (χ3n) is 0.838. The number of primary amides is 1. The Kier molecular flexibility index (Phi) is 7.56. The minimum Gasteiger partial charge on any atom is -0.378 e. The molecule has 0 rings (SSSR count). The minimum atomic E-state index is -0.470. The fraction of sp³-hybridized carbons (Fsp3) is 0.833. The van der Waals surface area contributed by atoms with Crippen LogP contribution in [0.25, 0.3) is 0 Å². The Morgan fingerprint density at radius 3 is 2.45 bits per heavy atom. The van der Waals surface area contributed by atoms with Crippen LogP contribution in [0.1, 0.15) is 0 Å². The number of amides is 1. The van der Waals surface area contributed by atoms with Crippen molar-refractivity contribution in [3.05, 3.63) is 0 Å². The van der Waals surface area contributed by atoms with Crippen LogP contribution in [0.5, 0.6) is 0 Å². The number of alkyl halides is 1. The molecule has 2 N–H and O–H groups in total. The first-order valence-electron chi connectivity index (χ1n) is 3.27. The Bertz CT molecular complexity index is 110. The van der Waals surface area contributed by atoms with Crippen molar-refractivity contribution >= 4 is 17.5 Å². The highest BCUT2D eigenvalue weighted by Crippen LogP contribution is 1.80.